The number of phenols is 1. The minimum absolute atomic E-state index is 0.0365. The monoisotopic (exact) mass is 678 g/mol. The summed E-state index contributed by atoms with van der Waals surface area (Å²) in [7, 11) is -2.33. The van der Waals surface area contributed by atoms with Crippen LogP contribution in [0.25, 0.3) is 21.8 Å². The summed E-state index contributed by atoms with van der Waals surface area (Å²) in [6.07, 6.45) is 0.956. The molecule has 0 aliphatic rings. The standard InChI is InChI=1S/C35H30N6O7S/c1-20-13-14-21(2)28(17-20)36-33(43)26-19-31(23-9-5-6-10-24(23)32(26)42)48-34(44)25-18-22(38-49(4,46)47)15-16-29(25)40(3)35(45)41-30-12-8-7-11-27(30)37-39-41/h5-19,38,42H,1-4H3,(H,36,43). The lowest BCUT2D eigenvalue weighted by atomic mass is 10.0. The first-order valence-electron chi connectivity index (χ1n) is 14.9. The smallest absolute Gasteiger partial charge is 0.350 e. The molecule has 1 heterocycles. The zero-order valence-electron chi connectivity index (χ0n) is 26.8. The number of carbonyl (C=O) groups is 3. The highest BCUT2D eigenvalue weighted by Gasteiger charge is 2.26. The van der Waals surface area contributed by atoms with Gasteiger partial charge in [-0.3, -0.25) is 14.4 Å². The zero-order valence-corrected chi connectivity index (χ0v) is 27.6. The highest BCUT2D eigenvalue weighted by atomic mass is 32.2. The van der Waals surface area contributed by atoms with Crippen molar-refractivity contribution in [3.63, 3.8) is 0 Å². The highest BCUT2D eigenvalue weighted by molar-refractivity contribution is 7.92. The Labute approximate surface area is 280 Å². The molecule has 0 bridgehead atoms. The van der Waals surface area contributed by atoms with Gasteiger partial charge in [0, 0.05) is 29.2 Å². The van der Waals surface area contributed by atoms with E-state index in [1.165, 1.54) is 31.3 Å². The second-order valence-electron chi connectivity index (χ2n) is 11.4. The zero-order chi connectivity index (χ0) is 35.0. The fourth-order valence-corrected chi connectivity index (χ4v) is 5.88. The van der Waals surface area contributed by atoms with Gasteiger partial charge in [-0.15, -0.1) is 5.10 Å². The highest BCUT2D eigenvalue weighted by Crippen LogP contribution is 2.38. The molecule has 0 saturated carbocycles. The van der Waals surface area contributed by atoms with Crippen molar-refractivity contribution < 1.29 is 32.6 Å². The Morgan fingerprint density at radius 2 is 1.59 bits per heavy atom. The molecule has 0 aliphatic heterocycles. The topological polar surface area (TPSA) is 173 Å². The van der Waals surface area contributed by atoms with Crippen molar-refractivity contribution in [1.29, 1.82) is 0 Å². The van der Waals surface area contributed by atoms with Gasteiger partial charge < -0.3 is 15.2 Å². The number of sulfonamides is 1. The van der Waals surface area contributed by atoms with Crippen LogP contribution in [0.2, 0.25) is 0 Å². The molecule has 0 aliphatic carbocycles. The average molecular weight is 679 g/mol. The van der Waals surface area contributed by atoms with Gasteiger partial charge in [-0.05, 0) is 67.4 Å². The molecule has 0 saturated heterocycles. The second kappa shape index (κ2) is 12.7. The fraction of sp³-hybridized carbons (Fsp3) is 0.114. The summed E-state index contributed by atoms with van der Waals surface area (Å²) in [5, 5.41) is 22.5. The van der Waals surface area contributed by atoms with Crippen LogP contribution >= 0.6 is 0 Å². The molecule has 248 valence electrons. The summed E-state index contributed by atoms with van der Waals surface area (Å²) in [5.41, 5.74) is 2.94. The van der Waals surface area contributed by atoms with Crippen molar-refractivity contribution in [2.75, 3.05) is 28.2 Å². The SMILES string of the molecule is Cc1ccc(C)c(NC(=O)c2cc(OC(=O)c3cc(NS(C)(=O)=O)ccc3N(C)C(=O)n3nnc4ccccc43)c3ccccc3c2O)c1. The number of aryl methyl sites for hydroxylation is 2. The van der Waals surface area contributed by atoms with E-state index in [9.17, 15) is 27.9 Å². The largest absolute Gasteiger partial charge is 0.506 e. The summed E-state index contributed by atoms with van der Waals surface area (Å²) >= 11 is 0. The number of phenolic OH excluding ortho intramolecular Hbond substituents is 1. The van der Waals surface area contributed by atoms with Crippen LogP contribution in [-0.2, 0) is 10.0 Å². The van der Waals surface area contributed by atoms with Crippen molar-refractivity contribution in [3.05, 3.63) is 113 Å². The maximum Gasteiger partial charge on any atom is 0.350 e. The fourth-order valence-electron chi connectivity index (χ4n) is 5.32. The van der Waals surface area contributed by atoms with E-state index < -0.39 is 27.9 Å². The lowest BCUT2D eigenvalue weighted by Gasteiger charge is -2.21. The molecule has 3 N–H and O–H groups in total. The van der Waals surface area contributed by atoms with Gasteiger partial charge in [-0.25, -0.2) is 18.0 Å². The summed E-state index contributed by atoms with van der Waals surface area (Å²) in [5.74, 6) is -2.00. The van der Waals surface area contributed by atoms with E-state index in [0.29, 0.717) is 22.1 Å². The number of aromatic nitrogens is 3. The Morgan fingerprint density at radius 1 is 0.878 bits per heavy atom. The Morgan fingerprint density at radius 3 is 2.35 bits per heavy atom. The average Bonchev–Trinajstić information content (AvgIpc) is 3.50. The molecular weight excluding hydrogens is 648 g/mol. The molecule has 6 aromatic rings. The number of para-hydroxylation sites is 1. The van der Waals surface area contributed by atoms with E-state index in [1.54, 1.807) is 54.6 Å². The Balaban J connectivity index is 1.41. The first-order chi connectivity index (χ1) is 23.3. The van der Waals surface area contributed by atoms with Crippen LogP contribution in [0.3, 0.4) is 0 Å². The number of ether oxygens (including phenoxy) is 1. The number of hydrogen-bond acceptors (Lipinski definition) is 9. The van der Waals surface area contributed by atoms with Gasteiger partial charge in [0.1, 0.15) is 17.0 Å². The van der Waals surface area contributed by atoms with Crippen LogP contribution in [0.4, 0.5) is 21.9 Å². The lowest BCUT2D eigenvalue weighted by Crippen LogP contribution is -2.33. The van der Waals surface area contributed by atoms with Gasteiger partial charge in [0.2, 0.25) is 10.0 Å². The van der Waals surface area contributed by atoms with E-state index >= 15 is 0 Å². The number of nitrogens with zero attached hydrogens (tertiary/aromatic N) is 4. The van der Waals surface area contributed by atoms with Crippen molar-refractivity contribution in [2.24, 2.45) is 0 Å². The minimum Gasteiger partial charge on any atom is -0.506 e. The molecule has 1 aromatic heterocycles. The van der Waals surface area contributed by atoms with Crippen molar-refractivity contribution in [2.45, 2.75) is 13.8 Å². The predicted octanol–water partition coefficient (Wildman–Crippen LogP) is 5.85. The van der Waals surface area contributed by atoms with Gasteiger partial charge in [0.25, 0.3) is 5.91 Å². The van der Waals surface area contributed by atoms with Gasteiger partial charge in [-0.1, -0.05) is 53.7 Å². The number of rotatable bonds is 7. The molecular formula is C35H30N6O7S. The van der Waals surface area contributed by atoms with E-state index in [2.05, 4.69) is 20.4 Å². The van der Waals surface area contributed by atoms with Gasteiger partial charge >= 0.3 is 12.0 Å². The van der Waals surface area contributed by atoms with E-state index in [4.69, 9.17) is 4.74 Å². The van der Waals surface area contributed by atoms with Crippen molar-refractivity contribution in [1.82, 2.24) is 15.0 Å². The quantitative estimate of drug-likeness (QED) is 0.138. The van der Waals surface area contributed by atoms with Gasteiger partial charge in [0.05, 0.1) is 28.6 Å². The van der Waals surface area contributed by atoms with Crippen molar-refractivity contribution >= 4 is 66.8 Å². The van der Waals surface area contributed by atoms with Crippen LogP contribution < -0.4 is 19.7 Å². The molecule has 0 atom stereocenters. The molecule has 5 aromatic carbocycles. The summed E-state index contributed by atoms with van der Waals surface area (Å²) in [6, 6.07) is 23.5. The molecule has 49 heavy (non-hydrogen) atoms. The van der Waals surface area contributed by atoms with Crippen LogP contribution in [0.5, 0.6) is 11.5 Å². The molecule has 13 nitrogen and oxygen atoms in total. The summed E-state index contributed by atoms with van der Waals surface area (Å²) < 4.78 is 33.4. The maximum atomic E-state index is 14.0. The number of amides is 2. The number of esters is 1. The predicted molar refractivity (Wildman–Crippen MR) is 186 cm³/mol. The second-order valence-corrected chi connectivity index (χ2v) is 13.2. The molecule has 0 unspecified atom stereocenters. The van der Waals surface area contributed by atoms with E-state index in [1.807, 2.05) is 26.0 Å². The van der Waals surface area contributed by atoms with E-state index in [-0.39, 0.29) is 39.4 Å². The third kappa shape index (κ3) is 6.62. The third-order valence-corrected chi connectivity index (χ3v) is 8.37. The Bertz CT molecular complexity index is 2420. The summed E-state index contributed by atoms with van der Waals surface area (Å²) in [6.45, 7) is 3.72. The Kier molecular flexibility index (Phi) is 8.48. The number of hydrogen-bond donors (Lipinski definition) is 3. The molecule has 0 fully saturated rings. The Hall–Kier alpha value is -6.28. The molecule has 2 amide bonds. The van der Waals surface area contributed by atoms with Crippen LogP contribution in [0.1, 0.15) is 31.8 Å². The maximum absolute atomic E-state index is 14.0. The number of benzene rings is 5. The number of aromatic hydroxyl groups is 1. The first-order valence-corrected chi connectivity index (χ1v) is 16.8. The molecule has 6 rings (SSSR count). The van der Waals surface area contributed by atoms with Crippen LogP contribution in [-0.4, -0.2) is 59.7 Å². The molecule has 14 heteroatoms. The lowest BCUT2D eigenvalue weighted by molar-refractivity contribution is 0.0736. The van der Waals surface area contributed by atoms with Gasteiger partial charge in [0.15, 0.2) is 0 Å². The third-order valence-electron chi connectivity index (χ3n) is 7.77. The van der Waals surface area contributed by atoms with E-state index in [0.717, 1.165) is 27.0 Å². The van der Waals surface area contributed by atoms with Gasteiger partial charge in [-0.2, -0.15) is 4.68 Å². The molecule has 0 radical (unpaired) electrons. The number of fused-ring (bicyclic) bond motifs is 2. The minimum atomic E-state index is -3.75. The van der Waals surface area contributed by atoms with Crippen LogP contribution in [0.15, 0.2) is 91.0 Å². The first kappa shape index (κ1) is 32.7. The van der Waals surface area contributed by atoms with Crippen molar-refractivity contribution in [3.8, 4) is 11.5 Å². The molecule has 0 spiro atoms. The number of nitrogens with one attached hydrogen (secondary N) is 2. The number of anilines is 3. The summed E-state index contributed by atoms with van der Waals surface area (Å²) in [4.78, 5) is 42.3. The van der Waals surface area contributed by atoms with Crippen LogP contribution in [0, 0.1) is 13.8 Å². The number of carbonyl (C=O) groups excluding carboxylic acids is 3. The normalized spacial score (nSPS) is 11.3.